The van der Waals surface area contributed by atoms with E-state index >= 15 is 0 Å². The van der Waals surface area contributed by atoms with Gasteiger partial charge in [-0.3, -0.25) is 0 Å². The van der Waals surface area contributed by atoms with Gasteiger partial charge in [0, 0.05) is 28.5 Å². The van der Waals surface area contributed by atoms with Crippen molar-refractivity contribution in [3.63, 3.8) is 0 Å². The Morgan fingerprint density at radius 2 is 1.67 bits per heavy atom. The Morgan fingerprint density at radius 3 is 2.38 bits per heavy atom. The fraction of sp³-hybridized carbons (Fsp3) is 0.111. The van der Waals surface area contributed by atoms with Gasteiger partial charge in [-0.15, -0.1) is 0 Å². The quantitative estimate of drug-likeness (QED) is 0.566. The van der Waals surface area contributed by atoms with Crippen molar-refractivity contribution in [2.45, 2.75) is 13.8 Å². The lowest BCUT2D eigenvalue weighted by Gasteiger charge is -2.03. The van der Waals surface area contributed by atoms with E-state index in [1.54, 1.807) is 23.0 Å². The Balaban J connectivity index is 1.99. The van der Waals surface area contributed by atoms with Crippen molar-refractivity contribution < 1.29 is 4.39 Å². The van der Waals surface area contributed by atoms with Crippen LogP contribution in [0.15, 0.2) is 48.7 Å². The number of hydrogen-bond donors (Lipinski definition) is 0. The van der Waals surface area contributed by atoms with E-state index in [-0.39, 0.29) is 5.82 Å². The molecule has 5 nitrogen and oxygen atoms in total. The molecular weight excluding hydrogens is 305 g/mol. The third-order valence-corrected chi connectivity index (χ3v) is 3.72. The SMILES string of the molecule is Cc1cc(C)nc(-n2nc(-c3ccc(F)cc3)c3cccnc32)n1. The molecule has 4 rings (SSSR count). The molecule has 4 aromatic rings. The predicted octanol–water partition coefficient (Wildman–Crippen LogP) is 3.63. The summed E-state index contributed by atoms with van der Waals surface area (Å²) in [6, 6.07) is 11.9. The van der Waals surface area contributed by atoms with E-state index in [2.05, 4.69) is 20.1 Å². The van der Waals surface area contributed by atoms with Crippen LogP contribution in [-0.4, -0.2) is 24.7 Å². The fourth-order valence-corrected chi connectivity index (χ4v) is 2.71. The summed E-state index contributed by atoms with van der Waals surface area (Å²) < 4.78 is 14.9. The monoisotopic (exact) mass is 319 g/mol. The lowest BCUT2D eigenvalue weighted by Crippen LogP contribution is -2.06. The number of hydrogen-bond acceptors (Lipinski definition) is 4. The third kappa shape index (κ3) is 2.42. The summed E-state index contributed by atoms with van der Waals surface area (Å²) in [7, 11) is 0. The van der Waals surface area contributed by atoms with E-state index in [4.69, 9.17) is 0 Å². The van der Waals surface area contributed by atoms with Crippen molar-refractivity contribution in [1.82, 2.24) is 24.7 Å². The van der Waals surface area contributed by atoms with Gasteiger partial charge in [0.2, 0.25) is 0 Å². The summed E-state index contributed by atoms with van der Waals surface area (Å²) in [6.07, 6.45) is 1.71. The van der Waals surface area contributed by atoms with Gasteiger partial charge in [0.25, 0.3) is 5.95 Å². The normalized spacial score (nSPS) is 11.1. The molecule has 3 heterocycles. The minimum atomic E-state index is -0.279. The van der Waals surface area contributed by atoms with E-state index in [9.17, 15) is 4.39 Å². The highest BCUT2D eigenvalue weighted by atomic mass is 19.1. The second-order valence-corrected chi connectivity index (χ2v) is 5.59. The van der Waals surface area contributed by atoms with Gasteiger partial charge >= 0.3 is 0 Å². The van der Waals surface area contributed by atoms with E-state index in [0.717, 1.165) is 28.0 Å². The van der Waals surface area contributed by atoms with Gasteiger partial charge in [-0.25, -0.2) is 19.3 Å². The Bertz CT molecular complexity index is 1020. The highest BCUT2D eigenvalue weighted by Crippen LogP contribution is 2.28. The number of halogens is 1. The van der Waals surface area contributed by atoms with E-state index < -0.39 is 0 Å². The topological polar surface area (TPSA) is 56.5 Å². The zero-order valence-corrected chi connectivity index (χ0v) is 13.2. The van der Waals surface area contributed by atoms with Crippen LogP contribution >= 0.6 is 0 Å². The van der Waals surface area contributed by atoms with Crippen molar-refractivity contribution >= 4 is 11.0 Å². The molecule has 6 heteroatoms. The number of nitrogens with zero attached hydrogens (tertiary/aromatic N) is 5. The Morgan fingerprint density at radius 1 is 0.958 bits per heavy atom. The van der Waals surface area contributed by atoms with Crippen molar-refractivity contribution in [1.29, 1.82) is 0 Å². The van der Waals surface area contributed by atoms with Crippen LogP contribution in [0.25, 0.3) is 28.2 Å². The number of benzene rings is 1. The Kier molecular flexibility index (Phi) is 3.30. The average molecular weight is 319 g/mol. The largest absolute Gasteiger partial charge is 0.253 e. The van der Waals surface area contributed by atoms with Crippen LogP contribution in [0.3, 0.4) is 0 Å². The van der Waals surface area contributed by atoms with Crippen molar-refractivity contribution in [2.24, 2.45) is 0 Å². The smallest absolute Gasteiger partial charge is 0.236 e. The van der Waals surface area contributed by atoms with E-state index in [1.807, 2.05) is 32.0 Å². The summed E-state index contributed by atoms with van der Waals surface area (Å²) in [5, 5.41) is 5.52. The first-order valence-electron chi connectivity index (χ1n) is 7.54. The van der Waals surface area contributed by atoms with Crippen LogP contribution in [0.4, 0.5) is 4.39 Å². The first kappa shape index (κ1) is 14.4. The molecular formula is C18H14FN5. The zero-order valence-electron chi connectivity index (χ0n) is 13.2. The second kappa shape index (κ2) is 5.49. The van der Waals surface area contributed by atoms with Gasteiger partial charge in [0.15, 0.2) is 5.65 Å². The molecule has 0 spiro atoms. The molecule has 0 bridgehead atoms. The highest BCUT2D eigenvalue weighted by molar-refractivity contribution is 5.91. The second-order valence-electron chi connectivity index (χ2n) is 5.59. The molecule has 118 valence electrons. The van der Waals surface area contributed by atoms with E-state index in [1.165, 1.54) is 12.1 Å². The van der Waals surface area contributed by atoms with Gasteiger partial charge < -0.3 is 0 Å². The standard InChI is InChI=1S/C18H14FN5/c1-11-10-12(2)22-18(21-11)24-17-15(4-3-9-20-17)16(23-24)13-5-7-14(19)8-6-13/h3-10H,1-2H3. The maximum absolute atomic E-state index is 13.2. The Labute approximate surface area is 137 Å². The van der Waals surface area contributed by atoms with E-state index in [0.29, 0.717) is 11.6 Å². The average Bonchev–Trinajstić information content (AvgIpc) is 2.94. The molecule has 0 N–H and O–H groups in total. The first-order valence-corrected chi connectivity index (χ1v) is 7.54. The molecule has 0 aliphatic carbocycles. The highest BCUT2D eigenvalue weighted by Gasteiger charge is 2.16. The Hall–Kier alpha value is -3.15. The molecule has 0 aliphatic rings. The summed E-state index contributed by atoms with van der Waals surface area (Å²) in [5.41, 5.74) is 3.93. The maximum atomic E-state index is 13.2. The van der Waals surface area contributed by atoms with Crippen LogP contribution in [0.5, 0.6) is 0 Å². The van der Waals surface area contributed by atoms with Gasteiger partial charge in [-0.1, -0.05) is 0 Å². The van der Waals surface area contributed by atoms with Crippen LogP contribution in [0.2, 0.25) is 0 Å². The van der Waals surface area contributed by atoms with Gasteiger partial charge in [-0.2, -0.15) is 9.78 Å². The number of aromatic nitrogens is 5. The van der Waals surface area contributed by atoms with Crippen LogP contribution in [0.1, 0.15) is 11.4 Å². The lowest BCUT2D eigenvalue weighted by molar-refractivity contribution is 0.628. The molecule has 0 saturated carbocycles. The van der Waals surface area contributed by atoms with Crippen LogP contribution < -0.4 is 0 Å². The third-order valence-electron chi connectivity index (χ3n) is 3.72. The molecule has 0 aliphatic heterocycles. The minimum absolute atomic E-state index is 0.279. The molecule has 0 fully saturated rings. The number of rotatable bonds is 2. The fourth-order valence-electron chi connectivity index (χ4n) is 2.71. The summed E-state index contributed by atoms with van der Waals surface area (Å²) in [5.74, 6) is 0.197. The molecule has 1 aromatic carbocycles. The van der Waals surface area contributed by atoms with Gasteiger partial charge in [0.1, 0.15) is 11.5 Å². The van der Waals surface area contributed by atoms with Gasteiger partial charge in [-0.05, 0) is 56.3 Å². The molecule has 24 heavy (non-hydrogen) atoms. The molecule has 0 amide bonds. The zero-order chi connectivity index (χ0) is 16.7. The molecule has 0 unspecified atom stereocenters. The molecule has 0 atom stereocenters. The first-order chi connectivity index (χ1) is 11.6. The molecule has 3 aromatic heterocycles. The van der Waals surface area contributed by atoms with Crippen molar-refractivity contribution in [3.8, 4) is 17.2 Å². The predicted molar refractivity (Wildman–Crippen MR) is 89.3 cm³/mol. The summed E-state index contributed by atoms with van der Waals surface area (Å²) >= 11 is 0. The summed E-state index contributed by atoms with van der Waals surface area (Å²) in [4.78, 5) is 13.4. The maximum Gasteiger partial charge on any atom is 0.253 e. The number of aryl methyl sites for hydroxylation is 2. The molecule has 0 saturated heterocycles. The lowest BCUT2D eigenvalue weighted by atomic mass is 10.1. The number of pyridine rings is 1. The minimum Gasteiger partial charge on any atom is -0.236 e. The van der Waals surface area contributed by atoms with Crippen molar-refractivity contribution in [2.75, 3.05) is 0 Å². The van der Waals surface area contributed by atoms with Crippen LogP contribution in [0, 0.1) is 19.7 Å². The molecule has 0 radical (unpaired) electrons. The number of fused-ring (bicyclic) bond motifs is 1. The summed E-state index contributed by atoms with van der Waals surface area (Å²) in [6.45, 7) is 3.83. The van der Waals surface area contributed by atoms with Crippen LogP contribution in [-0.2, 0) is 0 Å². The van der Waals surface area contributed by atoms with Crippen molar-refractivity contribution in [3.05, 3.63) is 65.9 Å². The van der Waals surface area contributed by atoms with Gasteiger partial charge in [0.05, 0.1) is 0 Å².